The topological polar surface area (TPSA) is 60.2 Å². The maximum atomic E-state index is 10.8. The smallest absolute Gasteiger partial charge is 0.135 e. The summed E-state index contributed by atoms with van der Waals surface area (Å²) < 4.78 is 0. The summed E-state index contributed by atoms with van der Waals surface area (Å²) in [6.45, 7) is 12.7. The molecule has 0 unspecified atom stereocenters. The van der Waals surface area contributed by atoms with Gasteiger partial charge in [-0.05, 0) is 72.0 Å². The van der Waals surface area contributed by atoms with Gasteiger partial charge in [0, 0.05) is 17.6 Å². The van der Waals surface area contributed by atoms with Crippen LogP contribution in [-0.2, 0) is 11.8 Å². The highest BCUT2D eigenvalue weighted by molar-refractivity contribution is 7.11. The van der Waals surface area contributed by atoms with Crippen LogP contribution in [0.25, 0.3) is 5.57 Å². The van der Waals surface area contributed by atoms with Crippen LogP contribution in [0.1, 0.15) is 86.7 Å². The lowest BCUT2D eigenvalue weighted by molar-refractivity contribution is 0.0108. The number of benzene rings is 1. The van der Waals surface area contributed by atoms with Gasteiger partial charge in [-0.15, -0.1) is 11.3 Å². The molecule has 2 aromatic rings. The molecule has 0 amide bonds. The standard InChI is InChI=1S/C28H37N3OS/c1-17(2)19-7-9-21-20(13-19)8-10-23-27(4,11-6-12-28(21,23)5)16-31-14-22(32)24(25(31)29)26-30-18(3)15-33-26/h7,9,13,15,17,23,29,32H,6,8,10-12,14,16H2,1-5H3/t23-,27-,28+/m0/s1. The Balaban J connectivity index is 1.42. The molecule has 3 aliphatic rings. The minimum atomic E-state index is 0.113. The molecule has 1 fully saturated rings. The first-order valence-electron chi connectivity index (χ1n) is 12.4. The normalized spacial score (nSPS) is 29.6. The van der Waals surface area contributed by atoms with Crippen molar-refractivity contribution in [3.8, 4) is 0 Å². The Morgan fingerprint density at radius 2 is 2.06 bits per heavy atom. The van der Waals surface area contributed by atoms with Gasteiger partial charge in [-0.25, -0.2) is 4.98 Å². The third-order valence-corrected chi connectivity index (χ3v) is 9.71. The molecule has 1 aromatic carbocycles. The van der Waals surface area contributed by atoms with Crippen molar-refractivity contribution in [2.45, 2.75) is 78.1 Å². The maximum absolute atomic E-state index is 10.8. The van der Waals surface area contributed by atoms with E-state index in [2.05, 4.69) is 55.8 Å². The molecule has 4 nitrogen and oxygen atoms in total. The first-order chi connectivity index (χ1) is 15.6. The van der Waals surface area contributed by atoms with Gasteiger partial charge in [0.15, 0.2) is 0 Å². The molecule has 1 saturated carbocycles. The van der Waals surface area contributed by atoms with Gasteiger partial charge in [0.05, 0.1) is 12.1 Å². The summed E-state index contributed by atoms with van der Waals surface area (Å²) in [4.78, 5) is 6.65. The molecule has 5 heteroatoms. The molecular formula is C28H37N3OS. The summed E-state index contributed by atoms with van der Waals surface area (Å²) in [5.74, 6) is 1.88. The van der Waals surface area contributed by atoms with E-state index in [1.54, 1.807) is 11.1 Å². The van der Waals surface area contributed by atoms with Crippen molar-refractivity contribution >= 4 is 22.7 Å². The van der Waals surface area contributed by atoms with E-state index in [-0.39, 0.29) is 10.8 Å². The number of thiazole rings is 1. The Bertz CT molecular complexity index is 1130. The number of aryl methyl sites for hydroxylation is 2. The Labute approximate surface area is 202 Å². The fraction of sp³-hybridized carbons (Fsp3) is 0.571. The summed E-state index contributed by atoms with van der Waals surface area (Å²) in [6, 6.07) is 7.24. The SMILES string of the molecule is Cc1csc(C2=C(O)CN(C[C@]3(C)CCC[C@]4(C)c5ccc(C(C)C)cc5CC[C@@H]34)C2=N)n1. The number of rotatable bonds is 4. The summed E-state index contributed by atoms with van der Waals surface area (Å²) in [5.41, 5.74) is 6.43. The minimum Gasteiger partial charge on any atom is -0.510 e. The molecule has 3 atom stereocenters. The van der Waals surface area contributed by atoms with E-state index < -0.39 is 0 Å². The van der Waals surface area contributed by atoms with E-state index in [1.165, 1.54) is 42.6 Å². The third-order valence-electron chi connectivity index (χ3n) is 8.74. The van der Waals surface area contributed by atoms with Gasteiger partial charge in [-0.2, -0.15) is 0 Å². The van der Waals surface area contributed by atoms with Crippen LogP contribution in [0, 0.1) is 23.7 Å². The van der Waals surface area contributed by atoms with E-state index in [0.717, 1.165) is 23.7 Å². The number of aliphatic hydroxyl groups excluding tert-OH is 1. The highest BCUT2D eigenvalue weighted by atomic mass is 32.1. The van der Waals surface area contributed by atoms with E-state index in [4.69, 9.17) is 5.41 Å². The van der Waals surface area contributed by atoms with E-state index in [9.17, 15) is 5.11 Å². The summed E-state index contributed by atoms with van der Waals surface area (Å²) >= 11 is 1.52. The number of hydrogen-bond donors (Lipinski definition) is 2. The second-order valence-electron chi connectivity index (χ2n) is 11.4. The summed E-state index contributed by atoms with van der Waals surface area (Å²) in [7, 11) is 0. The number of aromatic nitrogens is 1. The van der Waals surface area contributed by atoms with Crippen molar-refractivity contribution < 1.29 is 5.11 Å². The molecular weight excluding hydrogens is 426 g/mol. The average molecular weight is 464 g/mol. The van der Waals surface area contributed by atoms with Crippen molar-refractivity contribution in [3.63, 3.8) is 0 Å². The van der Waals surface area contributed by atoms with Crippen molar-refractivity contribution in [1.29, 1.82) is 5.41 Å². The van der Waals surface area contributed by atoms with Crippen molar-refractivity contribution in [1.82, 2.24) is 9.88 Å². The molecule has 176 valence electrons. The Hall–Kier alpha value is -2.14. The van der Waals surface area contributed by atoms with Crippen LogP contribution in [0.5, 0.6) is 0 Å². The minimum absolute atomic E-state index is 0.113. The lowest BCUT2D eigenvalue weighted by Crippen LogP contribution is -2.53. The second-order valence-corrected chi connectivity index (χ2v) is 12.3. The van der Waals surface area contributed by atoms with Gasteiger partial charge in [-0.3, -0.25) is 5.41 Å². The van der Waals surface area contributed by atoms with Crippen LogP contribution >= 0.6 is 11.3 Å². The van der Waals surface area contributed by atoms with E-state index >= 15 is 0 Å². The predicted octanol–water partition coefficient (Wildman–Crippen LogP) is 6.85. The molecule has 2 heterocycles. The lowest BCUT2D eigenvalue weighted by atomic mass is 9.49. The summed E-state index contributed by atoms with van der Waals surface area (Å²) in [6.07, 6.45) is 6.00. The Kier molecular flexibility index (Phi) is 5.47. The Morgan fingerprint density at radius 3 is 2.76 bits per heavy atom. The molecule has 2 N–H and O–H groups in total. The van der Waals surface area contributed by atoms with Crippen molar-refractivity contribution in [2.24, 2.45) is 11.3 Å². The number of amidine groups is 1. The number of hydrogen-bond acceptors (Lipinski definition) is 4. The van der Waals surface area contributed by atoms with Gasteiger partial charge in [-0.1, -0.05) is 52.3 Å². The molecule has 0 bridgehead atoms. The second kappa shape index (κ2) is 7.97. The monoisotopic (exact) mass is 463 g/mol. The predicted molar refractivity (Wildman–Crippen MR) is 137 cm³/mol. The zero-order valence-corrected chi connectivity index (χ0v) is 21.5. The average Bonchev–Trinajstić information content (AvgIpc) is 3.29. The van der Waals surface area contributed by atoms with Gasteiger partial charge in [0.25, 0.3) is 0 Å². The quantitative estimate of drug-likeness (QED) is 0.521. The highest BCUT2D eigenvalue weighted by Gasteiger charge is 2.52. The number of nitrogens with zero attached hydrogens (tertiary/aromatic N) is 2. The summed E-state index contributed by atoms with van der Waals surface area (Å²) in [5, 5.41) is 22.4. The number of fused-ring (bicyclic) bond motifs is 3. The molecule has 0 spiro atoms. The largest absolute Gasteiger partial charge is 0.510 e. The van der Waals surface area contributed by atoms with E-state index in [0.29, 0.717) is 35.5 Å². The zero-order chi connectivity index (χ0) is 23.5. The first-order valence-corrected chi connectivity index (χ1v) is 13.3. The van der Waals surface area contributed by atoms with Crippen LogP contribution in [0.4, 0.5) is 0 Å². The number of aliphatic hydroxyl groups is 1. The Morgan fingerprint density at radius 1 is 1.27 bits per heavy atom. The van der Waals surface area contributed by atoms with Gasteiger partial charge in [0.1, 0.15) is 16.6 Å². The zero-order valence-electron chi connectivity index (χ0n) is 20.7. The fourth-order valence-corrected chi connectivity index (χ4v) is 7.95. The lowest BCUT2D eigenvalue weighted by Gasteiger charge is -2.56. The molecule has 2 aliphatic carbocycles. The molecule has 0 radical (unpaired) electrons. The van der Waals surface area contributed by atoms with Crippen LogP contribution in [0.2, 0.25) is 0 Å². The molecule has 1 aliphatic heterocycles. The van der Waals surface area contributed by atoms with Crippen molar-refractivity contribution in [2.75, 3.05) is 13.1 Å². The number of nitrogens with one attached hydrogen (secondary N) is 1. The van der Waals surface area contributed by atoms with Crippen LogP contribution in [-0.4, -0.2) is 33.9 Å². The van der Waals surface area contributed by atoms with E-state index in [1.807, 2.05) is 12.3 Å². The third kappa shape index (κ3) is 3.63. The molecule has 0 saturated heterocycles. The molecule has 33 heavy (non-hydrogen) atoms. The fourth-order valence-electron chi connectivity index (χ4n) is 7.09. The first kappa shape index (κ1) is 22.6. The van der Waals surface area contributed by atoms with Gasteiger partial charge >= 0.3 is 0 Å². The molecule has 1 aromatic heterocycles. The van der Waals surface area contributed by atoms with Gasteiger partial charge in [0.2, 0.25) is 0 Å². The van der Waals surface area contributed by atoms with Crippen LogP contribution in [0.15, 0.2) is 29.3 Å². The van der Waals surface area contributed by atoms with Crippen LogP contribution < -0.4 is 0 Å². The maximum Gasteiger partial charge on any atom is 0.135 e. The van der Waals surface area contributed by atoms with Gasteiger partial charge < -0.3 is 10.0 Å². The highest BCUT2D eigenvalue weighted by Crippen LogP contribution is 2.57. The molecule has 5 rings (SSSR count). The van der Waals surface area contributed by atoms with Crippen molar-refractivity contribution in [3.05, 3.63) is 56.7 Å². The van der Waals surface area contributed by atoms with Crippen LogP contribution in [0.3, 0.4) is 0 Å².